The molecule has 0 atom stereocenters. The third-order valence-electron chi connectivity index (χ3n) is 4.02. The van der Waals surface area contributed by atoms with E-state index in [-0.39, 0.29) is 21.9 Å². The molecule has 1 amide bonds. The van der Waals surface area contributed by atoms with Gasteiger partial charge in [0, 0.05) is 24.7 Å². The van der Waals surface area contributed by atoms with E-state index in [0.29, 0.717) is 10.3 Å². The van der Waals surface area contributed by atoms with E-state index < -0.39 is 20.7 Å². The molecule has 3 rings (SSSR count). The molecule has 0 spiro atoms. The quantitative estimate of drug-likeness (QED) is 0.489. The summed E-state index contributed by atoms with van der Waals surface area (Å²) in [6, 6.07) is 10.2. The normalized spacial score (nSPS) is 12.4. The summed E-state index contributed by atoms with van der Waals surface area (Å²) in [5, 5.41) is 10.9. The van der Waals surface area contributed by atoms with E-state index in [1.807, 2.05) is 0 Å². The number of fused-ring (bicyclic) bond motifs is 1. The van der Waals surface area contributed by atoms with E-state index >= 15 is 0 Å². The van der Waals surface area contributed by atoms with E-state index in [0.717, 1.165) is 4.70 Å². The Hall–Kier alpha value is -2.85. The lowest BCUT2D eigenvalue weighted by molar-refractivity contribution is -0.384. The molecule has 1 aromatic heterocycles. The molecular formula is C17H15N3O5S2. The van der Waals surface area contributed by atoms with Gasteiger partial charge >= 0.3 is 0 Å². The highest BCUT2D eigenvalue weighted by molar-refractivity contribution is 7.91. The molecule has 140 valence electrons. The van der Waals surface area contributed by atoms with Gasteiger partial charge in [-0.15, -0.1) is 0 Å². The van der Waals surface area contributed by atoms with Gasteiger partial charge in [0.05, 0.1) is 25.8 Å². The molecule has 27 heavy (non-hydrogen) atoms. The third-order valence-corrected chi connectivity index (χ3v) is 6.87. The van der Waals surface area contributed by atoms with Crippen LogP contribution in [0.25, 0.3) is 10.2 Å². The minimum absolute atomic E-state index is 0.0498. The maximum atomic E-state index is 12.5. The largest absolute Gasteiger partial charge is 0.319 e. The number of amides is 1. The molecule has 0 saturated heterocycles. The number of rotatable bonds is 4. The number of aryl methyl sites for hydroxylation is 1. The Labute approximate surface area is 158 Å². The molecule has 10 heteroatoms. The number of nitrogens with zero attached hydrogens (tertiary/aromatic N) is 3. The highest BCUT2D eigenvalue weighted by Crippen LogP contribution is 2.22. The molecule has 0 unspecified atom stereocenters. The molecule has 3 aromatic rings. The number of sulfone groups is 1. The lowest BCUT2D eigenvalue weighted by Gasteiger charge is -2.02. The second kappa shape index (κ2) is 7.05. The Bertz CT molecular complexity index is 1240. The third kappa shape index (κ3) is 3.67. The van der Waals surface area contributed by atoms with Crippen molar-refractivity contribution in [3.63, 3.8) is 0 Å². The van der Waals surface area contributed by atoms with Crippen LogP contribution in [-0.4, -0.2) is 29.6 Å². The molecule has 0 aliphatic heterocycles. The Morgan fingerprint density at radius 3 is 2.67 bits per heavy atom. The summed E-state index contributed by atoms with van der Waals surface area (Å²) >= 11 is 1.22. The summed E-state index contributed by atoms with van der Waals surface area (Å²) in [6.45, 7) is 1.53. The molecule has 0 aliphatic carbocycles. The monoisotopic (exact) mass is 405 g/mol. The van der Waals surface area contributed by atoms with Crippen LogP contribution >= 0.6 is 11.3 Å². The van der Waals surface area contributed by atoms with Crippen molar-refractivity contribution in [1.82, 2.24) is 4.57 Å². The van der Waals surface area contributed by atoms with Crippen LogP contribution in [0.1, 0.15) is 17.3 Å². The number of hydrogen-bond donors (Lipinski definition) is 0. The zero-order chi connectivity index (χ0) is 19.8. The summed E-state index contributed by atoms with van der Waals surface area (Å²) in [5.41, 5.74) is 0.697. The van der Waals surface area contributed by atoms with Gasteiger partial charge < -0.3 is 4.57 Å². The first kappa shape index (κ1) is 18.9. The van der Waals surface area contributed by atoms with Crippen LogP contribution < -0.4 is 4.80 Å². The lowest BCUT2D eigenvalue weighted by Crippen LogP contribution is -2.13. The Kier molecular flexibility index (Phi) is 4.94. The second-order valence-electron chi connectivity index (χ2n) is 5.70. The van der Waals surface area contributed by atoms with E-state index in [2.05, 4.69) is 4.99 Å². The van der Waals surface area contributed by atoms with E-state index in [1.54, 1.807) is 17.7 Å². The maximum absolute atomic E-state index is 12.5. The van der Waals surface area contributed by atoms with Gasteiger partial charge in [0.1, 0.15) is 0 Å². The van der Waals surface area contributed by atoms with Gasteiger partial charge in [0.2, 0.25) is 0 Å². The standard InChI is InChI=1S/C17H15N3O5S2/c1-3-27(24,25)13-6-4-5-11(9-13)16(21)18-17-19(2)14-10-12(20(22)23)7-8-15(14)26-17/h4-10H,3H2,1-2H3. The van der Waals surface area contributed by atoms with Crippen molar-refractivity contribution in [2.24, 2.45) is 12.0 Å². The predicted molar refractivity (Wildman–Crippen MR) is 102 cm³/mol. The fourth-order valence-corrected chi connectivity index (χ4v) is 4.40. The smallest absolute Gasteiger partial charge is 0.279 e. The molecule has 0 bridgehead atoms. The van der Waals surface area contributed by atoms with Crippen LogP contribution in [-0.2, 0) is 16.9 Å². The Morgan fingerprint density at radius 1 is 1.26 bits per heavy atom. The fourth-order valence-electron chi connectivity index (χ4n) is 2.48. The van der Waals surface area contributed by atoms with Gasteiger partial charge in [-0.2, -0.15) is 4.99 Å². The summed E-state index contributed by atoms with van der Waals surface area (Å²) in [6.07, 6.45) is 0. The van der Waals surface area contributed by atoms with Crippen molar-refractivity contribution in [3.8, 4) is 0 Å². The highest BCUT2D eigenvalue weighted by atomic mass is 32.2. The summed E-state index contributed by atoms with van der Waals surface area (Å²) < 4.78 is 26.3. The second-order valence-corrected chi connectivity index (χ2v) is 8.99. The van der Waals surface area contributed by atoms with Crippen molar-refractivity contribution in [1.29, 1.82) is 0 Å². The number of aromatic nitrogens is 1. The van der Waals surface area contributed by atoms with Crippen LogP contribution in [0, 0.1) is 10.1 Å². The molecule has 0 saturated carbocycles. The number of hydrogen-bond acceptors (Lipinski definition) is 6. The van der Waals surface area contributed by atoms with E-state index in [1.165, 1.54) is 54.7 Å². The summed E-state index contributed by atoms with van der Waals surface area (Å²) in [7, 11) is -1.77. The SMILES string of the molecule is CCS(=O)(=O)c1cccc(C(=O)N=c2sc3ccc([N+](=O)[O-])cc3n2C)c1. The molecule has 2 aromatic carbocycles. The number of carbonyl (C=O) groups is 1. The van der Waals surface area contributed by atoms with Crippen LogP contribution in [0.15, 0.2) is 52.4 Å². The van der Waals surface area contributed by atoms with Crippen LogP contribution in [0.5, 0.6) is 0 Å². The van der Waals surface area contributed by atoms with Crippen molar-refractivity contribution in [2.45, 2.75) is 11.8 Å². The number of benzene rings is 2. The molecular weight excluding hydrogens is 390 g/mol. The average molecular weight is 405 g/mol. The number of non-ortho nitro benzene ring substituents is 1. The topological polar surface area (TPSA) is 112 Å². The number of carbonyl (C=O) groups excluding carboxylic acids is 1. The van der Waals surface area contributed by atoms with Gasteiger partial charge in [0.25, 0.3) is 11.6 Å². The first-order valence-electron chi connectivity index (χ1n) is 7.89. The lowest BCUT2D eigenvalue weighted by atomic mass is 10.2. The average Bonchev–Trinajstić information content (AvgIpc) is 2.97. The maximum Gasteiger partial charge on any atom is 0.279 e. The molecule has 8 nitrogen and oxygen atoms in total. The zero-order valence-electron chi connectivity index (χ0n) is 14.4. The minimum Gasteiger partial charge on any atom is -0.319 e. The van der Waals surface area contributed by atoms with Gasteiger partial charge in [0.15, 0.2) is 14.6 Å². The van der Waals surface area contributed by atoms with Gasteiger partial charge in [-0.25, -0.2) is 8.42 Å². The minimum atomic E-state index is -3.43. The van der Waals surface area contributed by atoms with Crippen molar-refractivity contribution in [2.75, 3.05) is 5.75 Å². The molecule has 0 N–H and O–H groups in total. The summed E-state index contributed by atoms with van der Waals surface area (Å²) in [5.74, 6) is -0.647. The van der Waals surface area contributed by atoms with E-state index in [4.69, 9.17) is 0 Å². The predicted octanol–water partition coefficient (Wildman–Crippen LogP) is 2.68. The zero-order valence-corrected chi connectivity index (χ0v) is 16.1. The van der Waals surface area contributed by atoms with E-state index in [9.17, 15) is 23.3 Å². The summed E-state index contributed by atoms with van der Waals surface area (Å²) in [4.78, 5) is 27.5. The molecule has 0 radical (unpaired) electrons. The van der Waals surface area contributed by atoms with Crippen LogP contribution in [0.2, 0.25) is 0 Å². The van der Waals surface area contributed by atoms with Crippen molar-refractivity contribution < 1.29 is 18.1 Å². The number of nitro benzene ring substituents is 1. The van der Waals surface area contributed by atoms with Gasteiger partial charge in [-0.3, -0.25) is 14.9 Å². The fraction of sp³-hybridized carbons (Fsp3) is 0.176. The van der Waals surface area contributed by atoms with Crippen LogP contribution in [0.4, 0.5) is 5.69 Å². The van der Waals surface area contributed by atoms with Crippen LogP contribution in [0.3, 0.4) is 0 Å². The number of thiazole rings is 1. The van der Waals surface area contributed by atoms with Crippen molar-refractivity contribution in [3.05, 3.63) is 62.9 Å². The van der Waals surface area contributed by atoms with Gasteiger partial charge in [-0.05, 0) is 24.3 Å². The first-order valence-corrected chi connectivity index (χ1v) is 10.4. The Balaban J connectivity index is 2.07. The van der Waals surface area contributed by atoms with Crippen molar-refractivity contribution >= 4 is 43.0 Å². The highest BCUT2D eigenvalue weighted by Gasteiger charge is 2.15. The molecule has 0 aliphatic rings. The molecule has 1 heterocycles. The van der Waals surface area contributed by atoms with Gasteiger partial charge in [-0.1, -0.05) is 24.3 Å². The first-order chi connectivity index (χ1) is 12.7. The molecule has 0 fully saturated rings. The number of nitro groups is 1. The Morgan fingerprint density at radius 2 is 2.00 bits per heavy atom.